The highest BCUT2D eigenvalue weighted by atomic mass is 16.5. The minimum atomic E-state index is -0.318. The van der Waals surface area contributed by atoms with Crippen molar-refractivity contribution >= 4 is 17.4 Å². The summed E-state index contributed by atoms with van der Waals surface area (Å²) < 4.78 is 8.07. The average Bonchev–Trinajstić information content (AvgIpc) is 2.87. The maximum Gasteiger partial charge on any atom is 0.332 e. The monoisotopic (exact) mass is 455 g/mol. The first-order valence-electron chi connectivity index (χ1n) is 11.7. The Morgan fingerprint density at radius 3 is 2.52 bits per heavy atom. The van der Waals surface area contributed by atoms with Gasteiger partial charge in [0.25, 0.3) is 5.56 Å². The third-order valence-electron chi connectivity index (χ3n) is 6.80. The number of amides is 1. The van der Waals surface area contributed by atoms with E-state index in [2.05, 4.69) is 11.0 Å². The van der Waals surface area contributed by atoms with Crippen molar-refractivity contribution < 1.29 is 9.53 Å². The van der Waals surface area contributed by atoms with Gasteiger partial charge in [0.1, 0.15) is 11.6 Å². The summed E-state index contributed by atoms with van der Waals surface area (Å²) in [4.78, 5) is 44.4. The van der Waals surface area contributed by atoms with Crippen LogP contribution in [-0.2, 0) is 18.4 Å². The Morgan fingerprint density at radius 2 is 1.82 bits per heavy atom. The zero-order chi connectivity index (χ0) is 23.5. The molecule has 178 valence electrons. The maximum atomic E-state index is 13.3. The molecule has 4 rings (SSSR count). The molecule has 0 N–H and O–H groups in total. The van der Waals surface area contributed by atoms with Crippen molar-refractivity contribution in [2.24, 2.45) is 13.0 Å². The van der Waals surface area contributed by atoms with Crippen LogP contribution in [0.5, 0.6) is 5.75 Å². The van der Waals surface area contributed by atoms with Gasteiger partial charge >= 0.3 is 5.69 Å². The molecule has 0 spiro atoms. The number of ether oxygens (including phenoxy) is 1. The van der Waals surface area contributed by atoms with Gasteiger partial charge in [0.2, 0.25) is 5.91 Å². The minimum Gasteiger partial charge on any atom is -0.497 e. The van der Waals surface area contributed by atoms with E-state index in [9.17, 15) is 14.4 Å². The smallest absolute Gasteiger partial charge is 0.332 e. The van der Waals surface area contributed by atoms with E-state index in [0.29, 0.717) is 32.0 Å². The molecule has 1 aromatic carbocycles. The number of carbonyl (C=O) groups excluding carboxylic acids is 1. The second kappa shape index (κ2) is 9.72. The highest BCUT2D eigenvalue weighted by Crippen LogP contribution is 2.26. The van der Waals surface area contributed by atoms with Crippen LogP contribution in [0.4, 0.5) is 11.5 Å². The molecule has 0 bridgehead atoms. The molecule has 2 aromatic rings. The molecule has 1 aromatic heterocycles. The Morgan fingerprint density at radius 1 is 1.06 bits per heavy atom. The van der Waals surface area contributed by atoms with Crippen molar-refractivity contribution in [3.05, 3.63) is 51.2 Å². The Bertz CT molecular complexity index is 1120. The number of methoxy groups -OCH3 is 1. The predicted octanol–water partition coefficient (Wildman–Crippen LogP) is 1.14. The van der Waals surface area contributed by atoms with Crippen LogP contribution in [0.15, 0.2) is 39.9 Å². The van der Waals surface area contributed by atoms with Crippen LogP contribution >= 0.6 is 0 Å². The molecule has 2 aliphatic rings. The second-order valence-corrected chi connectivity index (χ2v) is 8.73. The van der Waals surface area contributed by atoms with Gasteiger partial charge in [0.05, 0.1) is 13.0 Å². The molecule has 2 saturated heterocycles. The lowest BCUT2D eigenvalue weighted by atomic mass is 9.96. The van der Waals surface area contributed by atoms with Crippen molar-refractivity contribution in [1.29, 1.82) is 0 Å². The van der Waals surface area contributed by atoms with E-state index in [4.69, 9.17) is 4.74 Å². The van der Waals surface area contributed by atoms with E-state index < -0.39 is 0 Å². The Kier molecular flexibility index (Phi) is 6.76. The van der Waals surface area contributed by atoms with E-state index in [1.54, 1.807) is 11.7 Å². The molecule has 0 radical (unpaired) electrons. The van der Waals surface area contributed by atoms with Crippen LogP contribution < -0.4 is 25.8 Å². The number of piperidine rings is 1. The lowest BCUT2D eigenvalue weighted by Crippen LogP contribution is -2.53. The number of piperazine rings is 1. The van der Waals surface area contributed by atoms with Crippen molar-refractivity contribution in [2.75, 3.05) is 56.2 Å². The number of aromatic nitrogens is 2. The topological polar surface area (TPSA) is 80.0 Å². The van der Waals surface area contributed by atoms with E-state index in [-0.39, 0.29) is 23.1 Å². The summed E-state index contributed by atoms with van der Waals surface area (Å²) in [7, 11) is 3.16. The fourth-order valence-corrected chi connectivity index (χ4v) is 4.85. The zero-order valence-electron chi connectivity index (χ0n) is 19.7. The lowest BCUT2D eigenvalue weighted by Gasteiger charge is -2.40. The number of nitrogens with zero attached hydrogens (tertiary/aromatic N) is 5. The molecule has 9 nitrogen and oxygen atoms in total. The summed E-state index contributed by atoms with van der Waals surface area (Å²) in [5.41, 5.74) is 0.470. The molecule has 0 unspecified atom stereocenters. The molecule has 2 aliphatic heterocycles. The Balaban J connectivity index is 1.43. The number of anilines is 2. The SMILES string of the molecule is CCn1c(N2CCC[C@@H](C(=O)N3CCN(c4cccc(OC)c4)CC3)C2)cc(=O)n(C)c1=O. The number of hydrogen-bond donors (Lipinski definition) is 0. The van der Waals surface area contributed by atoms with Crippen LogP contribution in [0.2, 0.25) is 0 Å². The molecule has 3 heterocycles. The van der Waals surface area contributed by atoms with Gasteiger partial charge in [-0.15, -0.1) is 0 Å². The highest BCUT2D eigenvalue weighted by molar-refractivity contribution is 5.80. The first kappa shape index (κ1) is 22.9. The molecule has 0 aliphatic carbocycles. The predicted molar refractivity (Wildman–Crippen MR) is 128 cm³/mol. The van der Waals surface area contributed by atoms with E-state index >= 15 is 0 Å². The number of hydrogen-bond acceptors (Lipinski definition) is 6. The van der Waals surface area contributed by atoms with Gasteiger partial charge in [-0.2, -0.15) is 0 Å². The largest absolute Gasteiger partial charge is 0.497 e. The fraction of sp³-hybridized carbons (Fsp3) is 0.542. The fourth-order valence-electron chi connectivity index (χ4n) is 4.85. The van der Waals surface area contributed by atoms with E-state index in [1.807, 2.05) is 34.9 Å². The van der Waals surface area contributed by atoms with Crippen LogP contribution in [0, 0.1) is 5.92 Å². The molecule has 9 heteroatoms. The zero-order valence-corrected chi connectivity index (χ0v) is 19.7. The summed E-state index contributed by atoms with van der Waals surface area (Å²) in [5.74, 6) is 1.48. The maximum absolute atomic E-state index is 13.3. The van der Waals surface area contributed by atoms with Crippen LogP contribution in [0.3, 0.4) is 0 Å². The molecule has 0 saturated carbocycles. The van der Waals surface area contributed by atoms with Gasteiger partial charge in [-0.3, -0.25) is 18.7 Å². The first-order chi connectivity index (χ1) is 15.9. The lowest BCUT2D eigenvalue weighted by molar-refractivity contribution is -0.136. The quantitative estimate of drug-likeness (QED) is 0.673. The van der Waals surface area contributed by atoms with Crippen molar-refractivity contribution in [1.82, 2.24) is 14.0 Å². The molecule has 2 fully saturated rings. The third-order valence-corrected chi connectivity index (χ3v) is 6.80. The minimum absolute atomic E-state index is 0.133. The number of rotatable bonds is 5. The number of carbonyl (C=O) groups is 1. The molecule has 1 amide bonds. The highest BCUT2D eigenvalue weighted by Gasteiger charge is 2.32. The average molecular weight is 456 g/mol. The van der Waals surface area contributed by atoms with Crippen molar-refractivity contribution in [3.63, 3.8) is 0 Å². The summed E-state index contributed by atoms with van der Waals surface area (Å²) in [6.07, 6.45) is 1.68. The Hall–Kier alpha value is -3.23. The van der Waals surface area contributed by atoms with Gasteiger partial charge < -0.3 is 19.4 Å². The van der Waals surface area contributed by atoms with Crippen LogP contribution in [0.1, 0.15) is 19.8 Å². The molecular weight excluding hydrogens is 422 g/mol. The van der Waals surface area contributed by atoms with Gasteiger partial charge in [-0.1, -0.05) is 6.07 Å². The normalized spacial score (nSPS) is 19.0. The summed E-state index contributed by atoms with van der Waals surface area (Å²) >= 11 is 0. The summed E-state index contributed by atoms with van der Waals surface area (Å²) in [6.45, 7) is 6.55. The summed E-state index contributed by atoms with van der Waals surface area (Å²) in [5, 5.41) is 0. The van der Waals surface area contributed by atoms with Crippen LogP contribution in [0.25, 0.3) is 0 Å². The first-order valence-corrected chi connectivity index (χ1v) is 11.7. The molecular formula is C24H33N5O4. The molecule has 33 heavy (non-hydrogen) atoms. The van der Waals surface area contributed by atoms with Gasteiger partial charge in [0.15, 0.2) is 0 Å². The third kappa shape index (κ3) is 4.62. The van der Waals surface area contributed by atoms with E-state index in [1.165, 1.54) is 13.1 Å². The van der Waals surface area contributed by atoms with Gasteiger partial charge in [-0.25, -0.2) is 4.79 Å². The van der Waals surface area contributed by atoms with Gasteiger partial charge in [0, 0.05) is 70.7 Å². The number of benzene rings is 1. The molecule has 1 atom stereocenters. The second-order valence-electron chi connectivity index (χ2n) is 8.73. The van der Waals surface area contributed by atoms with Crippen molar-refractivity contribution in [2.45, 2.75) is 26.3 Å². The summed E-state index contributed by atoms with van der Waals surface area (Å²) in [6, 6.07) is 9.52. The van der Waals surface area contributed by atoms with E-state index in [0.717, 1.165) is 48.5 Å². The van der Waals surface area contributed by atoms with Crippen LogP contribution in [-0.4, -0.2) is 66.3 Å². The standard InChI is InChI=1S/C24H33N5O4/c1-4-29-21(16-22(30)25(2)24(29)32)28-10-6-7-18(17-28)23(31)27-13-11-26(12-14-27)19-8-5-9-20(15-19)33-3/h5,8-9,15-16,18H,4,6-7,10-14,17H2,1-3H3/t18-/m1/s1. The Labute approximate surface area is 193 Å². The van der Waals surface area contributed by atoms with Gasteiger partial charge in [-0.05, 0) is 31.9 Å². The van der Waals surface area contributed by atoms with Crippen molar-refractivity contribution in [3.8, 4) is 5.75 Å².